The summed E-state index contributed by atoms with van der Waals surface area (Å²) >= 11 is 0. The minimum atomic E-state index is -4.36. The zero-order chi connectivity index (χ0) is 17.0. The lowest BCUT2D eigenvalue weighted by Gasteiger charge is -2.28. The largest absolute Gasteiger partial charge is 0.416 e. The molecule has 6 heteroatoms. The van der Waals surface area contributed by atoms with Crippen LogP contribution in [-0.2, 0) is 17.4 Å². The van der Waals surface area contributed by atoms with Crippen LogP contribution in [0.25, 0.3) is 0 Å². The summed E-state index contributed by atoms with van der Waals surface area (Å²) < 4.78 is 38.1. The van der Waals surface area contributed by atoms with Crippen molar-refractivity contribution in [2.45, 2.75) is 57.3 Å². The molecule has 0 aromatic heterocycles. The Morgan fingerprint density at radius 2 is 1.96 bits per heavy atom. The molecule has 1 aliphatic rings. The van der Waals surface area contributed by atoms with Gasteiger partial charge in [0.05, 0.1) is 5.56 Å². The van der Waals surface area contributed by atoms with Crippen LogP contribution in [0.1, 0.15) is 43.7 Å². The van der Waals surface area contributed by atoms with Gasteiger partial charge in [-0.2, -0.15) is 13.2 Å². The Labute approximate surface area is 134 Å². The number of nitrogens with two attached hydrogens (primary N) is 1. The van der Waals surface area contributed by atoms with Crippen LogP contribution in [0, 0.1) is 5.92 Å². The molecule has 1 aliphatic carbocycles. The third-order valence-electron chi connectivity index (χ3n) is 4.36. The summed E-state index contributed by atoms with van der Waals surface area (Å²) in [6.45, 7) is 1.74. The second kappa shape index (κ2) is 7.34. The van der Waals surface area contributed by atoms with Gasteiger partial charge in [-0.25, -0.2) is 0 Å². The van der Waals surface area contributed by atoms with Gasteiger partial charge in [0.15, 0.2) is 0 Å². The van der Waals surface area contributed by atoms with E-state index in [2.05, 4.69) is 5.32 Å². The Kier molecular flexibility index (Phi) is 5.68. The number of nitrogens with one attached hydrogen (secondary N) is 1. The van der Waals surface area contributed by atoms with Gasteiger partial charge in [0.25, 0.3) is 0 Å². The van der Waals surface area contributed by atoms with Crippen molar-refractivity contribution < 1.29 is 18.0 Å². The molecule has 1 aromatic rings. The van der Waals surface area contributed by atoms with E-state index in [9.17, 15) is 18.0 Å². The Bertz CT molecular complexity index is 537. The monoisotopic (exact) mass is 328 g/mol. The van der Waals surface area contributed by atoms with E-state index >= 15 is 0 Å². The first-order valence-corrected chi connectivity index (χ1v) is 7.98. The topological polar surface area (TPSA) is 55.1 Å². The van der Waals surface area contributed by atoms with Crippen LogP contribution in [0.3, 0.4) is 0 Å². The lowest BCUT2D eigenvalue weighted by atomic mass is 9.91. The molecule has 0 spiro atoms. The number of alkyl halides is 3. The molecule has 1 amide bonds. The van der Waals surface area contributed by atoms with Gasteiger partial charge in [0.2, 0.25) is 5.91 Å². The average Bonchev–Trinajstić information content (AvgIpc) is 2.49. The zero-order valence-corrected chi connectivity index (χ0v) is 13.2. The Morgan fingerprint density at radius 3 is 2.57 bits per heavy atom. The zero-order valence-electron chi connectivity index (χ0n) is 13.2. The predicted molar refractivity (Wildman–Crippen MR) is 82.7 cm³/mol. The molecule has 1 aromatic carbocycles. The van der Waals surface area contributed by atoms with Gasteiger partial charge in [-0.05, 0) is 43.7 Å². The fourth-order valence-corrected chi connectivity index (χ4v) is 2.93. The summed E-state index contributed by atoms with van der Waals surface area (Å²) in [4.78, 5) is 12.2. The molecule has 23 heavy (non-hydrogen) atoms. The highest BCUT2D eigenvalue weighted by molar-refractivity contribution is 5.78. The van der Waals surface area contributed by atoms with E-state index < -0.39 is 11.7 Å². The summed E-state index contributed by atoms with van der Waals surface area (Å²) in [6.07, 6.45) is -0.545. The van der Waals surface area contributed by atoms with Gasteiger partial charge in [-0.15, -0.1) is 0 Å². The van der Waals surface area contributed by atoms with Gasteiger partial charge >= 0.3 is 6.18 Å². The Hall–Kier alpha value is -1.56. The van der Waals surface area contributed by atoms with Crippen LogP contribution in [0.2, 0.25) is 0 Å². The van der Waals surface area contributed by atoms with Crippen LogP contribution in [0.15, 0.2) is 24.3 Å². The molecule has 1 atom stereocenters. The van der Waals surface area contributed by atoms with Crippen LogP contribution < -0.4 is 11.1 Å². The number of hydrogen-bond donors (Lipinski definition) is 2. The first-order chi connectivity index (χ1) is 10.8. The van der Waals surface area contributed by atoms with Crippen LogP contribution in [-0.4, -0.2) is 18.0 Å². The number of halogens is 3. The maximum atomic E-state index is 12.7. The second-order valence-corrected chi connectivity index (χ2v) is 6.42. The lowest BCUT2D eigenvalue weighted by molar-refractivity contribution is -0.137. The minimum absolute atomic E-state index is 0.108. The summed E-state index contributed by atoms with van der Waals surface area (Å²) in [6, 6.07) is 5.50. The summed E-state index contributed by atoms with van der Waals surface area (Å²) in [5.41, 5.74) is 5.68. The fourth-order valence-electron chi connectivity index (χ4n) is 2.93. The number of rotatable bonds is 4. The van der Waals surface area contributed by atoms with E-state index in [1.54, 1.807) is 13.0 Å². The normalized spacial score (nSPS) is 23.3. The maximum absolute atomic E-state index is 12.7. The Morgan fingerprint density at radius 1 is 1.30 bits per heavy atom. The predicted octanol–water partition coefficient (Wildman–Crippen LogP) is 3.27. The van der Waals surface area contributed by atoms with Crippen molar-refractivity contribution in [2.75, 3.05) is 0 Å². The van der Waals surface area contributed by atoms with Crippen molar-refractivity contribution in [3.63, 3.8) is 0 Å². The smallest absolute Gasteiger partial charge is 0.353 e. The molecule has 0 heterocycles. The highest BCUT2D eigenvalue weighted by Crippen LogP contribution is 2.30. The molecule has 3 N–H and O–H groups in total. The number of carbonyl (C=O) groups excluding carboxylic acids is 1. The molecule has 0 saturated heterocycles. The number of carbonyl (C=O) groups is 1. The quantitative estimate of drug-likeness (QED) is 0.891. The second-order valence-electron chi connectivity index (χ2n) is 6.42. The van der Waals surface area contributed by atoms with E-state index in [0.29, 0.717) is 12.0 Å². The van der Waals surface area contributed by atoms with E-state index in [4.69, 9.17) is 5.73 Å². The highest BCUT2D eigenvalue weighted by Gasteiger charge is 2.30. The van der Waals surface area contributed by atoms with Crippen molar-refractivity contribution >= 4 is 5.91 Å². The van der Waals surface area contributed by atoms with E-state index in [-0.39, 0.29) is 23.9 Å². The lowest BCUT2D eigenvalue weighted by Crippen LogP contribution is -2.42. The third kappa shape index (κ3) is 5.23. The van der Waals surface area contributed by atoms with Gasteiger partial charge in [0.1, 0.15) is 0 Å². The van der Waals surface area contributed by atoms with Crippen molar-refractivity contribution in [1.82, 2.24) is 5.32 Å². The molecular formula is C17H23F3N2O. The molecule has 1 saturated carbocycles. The van der Waals surface area contributed by atoms with Crippen molar-refractivity contribution in [3.8, 4) is 0 Å². The van der Waals surface area contributed by atoms with Crippen LogP contribution in [0.4, 0.5) is 13.2 Å². The van der Waals surface area contributed by atoms with Gasteiger partial charge in [-0.1, -0.05) is 25.1 Å². The van der Waals surface area contributed by atoms with Crippen molar-refractivity contribution in [2.24, 2.45) is 11.7 Å². The Balaban J connectivity index is 1.91. The van der Waals surface area contributed by atoms with Gasteiger partial charge in [0, 0.05) is 18.0 Å². The van der Waals surface area contributed by atoms with E-state index in [1.807, 2.05) is 0 Å². The maximum Gasteiger partial charge on any atom is 0.416 e. The number of amides is 1. The molecule has 1 unspecified atom stereocenters. The van der Waals surface area contributed by atoms with E-state index in [1.165, 1.54) is 6.07 Å². The summed E-state index contributed by atoms with van der Waals surface area (Å²) in [7, 11) is 0. The van der Waals surface area contributed by atoms with Crippen LogP contribution in [0.5, 0.6) is 0 Å². The number of hydrogen-bond acceptors (Lipinski definition) is 2. The van der Waals surface area contributed by atoms with Crippen molar-refractivity contribution in [1.29, 1.82) is 0 Å². The minimum Gasteiger partial charge on any atom is -0.353 e. The molecule has 0 bridgehead atoms. The standard InChI is InChI=1S/C17H23F3N2O/c1-11(16(23)22-15-7-5-14(21)6-8-15)9-12-3-2-4-13(10-12)17(18,19)20/h2-4,10-11,14-15H,5-9,21H2,1H3,(H,22,23). The molecule has 2 rings (SSSR count). The fraction of sp³-hybridized carbons (Fsp3) is 0.588. The highest BCUT2D eigenvalue weighted by atomic mass is 19.4. The van der Waals surface area contributed by atoms with Gasteiger partial charge in [-0.3, -0.25) is 4.79 Å². The molecule has 128 valence electrons. The number of benzene rings is 1. The molecule has 0 aliphatic heterocycles. The van der Waals surface area contributed by atoms with E-state index in [0.717, 1.165) is 37.8 Å². The summed E-state index contributed by atoms with van der Waals surface area (Å²) in [5.74, 6) is -0.475. The average molecular weight is 328 g/mol. The SMILES string of the molecule is CC(Cc1cccc(C(F)(F)F)c1)C(=O)NC1CCC(N)CC1. The van der Waals surface area contributed by atoms with Crippen molar-refractivity contribution in [3.05, 3.63) is 35.4 Å². The first kappa shape index (κ1) is 17.8. The molecule has 3 nitrogen and oxygen atoms in total. The third-order valence-corrected chi connectivity index (χ3v) is 4.36. The molecule has 0 radical (unpaired) electrons. The first-order valence-electron chi connectivity index (χ1n) is 7.98. The van der Waals surface area contributed by atoms with Crippen LogP contribution >= 0.6 is 0 Å². The summed E-state index contributed by atoms with van der Waals surface area (Å²) in [5, 5.41) is 2.99. The molecular weight excluding hydrogens is 305 g/mol. The van der Waals surface area contributed by atoms with Gasteiger partial charge < -0.3 is 11.1 Å². The molecule has 1 fully saturated rings.